The minimum Gasteiger partial charge on any atom is -0.386 e. The van der Waals surface area contributed by atoms with E-state index >= 15 is 13.2 Å². The third-order valence-corrected chi connectivity index (χ3v) is 13.5. The molecule has 4 fully saturated rings. The van der Waals surface area contributed by atoms with Gasteiger partial charge in [-0.1, -0.05) is 0 Å². The zero-order valence-electron chi connectivity index (χ0n) is 34.6. The van der Waals surface area contributed by atoms with Gasteiger partial charge in [-0.2, -0.15) is 10.4 Å². The first-order valence-electron chi connectivity index (χ1n) is 21.0. The lowest BCUT2D eigenvalue weighted by molar-refractivity contribution is -0.181. The number of piperidine rings is 2. The maximum Gasteiger partial charge on any atom is 0.329 e. The van der Waals surface area contributed by atoms with Gasteiger partial charge in [-0.3, -0.25) is 43.4 Å². The molecule has 9 rings (SSSR count). The predicted octanol–water partition coefficient (Wildman–Crippen LogP) is 5.13. The summed E-state index contributed by atoms with van der Waals surface area (Å²) in [5, 5.41) is 31.0. The van der Waals surface area contributed by atoms with E-state index in [0.717, 1.165) is 31.1 Å². The van der Waals surface area contributed by atoms with E-state index in [4.69, 9.17) is 5.10 Å². The fourth-order valence-corrected chi connectivity index (χ4v) is 10.1. The molecule has 3 saturated heterocycles. The van der Waals surface area contributed by atoms with Crippen molar-refractivity contribution < 1.29 is 32.7 Å². The number of aryl methyl sites for hydroxylation is 1. The number of hydrogen-bond donors (Lipinski definition) is 3. The van der Waals surface area contributed by atoms with E-state index in [0.29, 0.717) is 35.4 Å². The SMILES string of the molecule is Cn1c(=O)n(C2CCC(=O)NC2=O)c2ccc(F)c(N3CC4(CCN(CC5CCC(n6cc7cc(NC(=O)c8cncc(C#N)c8)c(C(C)(C)O)cc7n6)CC5)CC4(F)F)C3)c21. The van der Waals surface area contributed by atoms with Gasteiger partial charge in [0.15, 0.2) is 0 Å². The molecular formula is C44H47F3N10O5. The van der Waals surface area contributed by atoms with Crippen molar-refractivity contribution in [3.63, 3.8) is 0 Å². The van der Waals surface area contributed by atoms with Crippen LogP contribution in [0.25, 0.3) is 21.9 Å². The number of benzene rings is 2. The van der Waals surface area contributed by atoms with E-state index in [9.17, 15) is 29.5 Å². The van der Waals surface area contributed by atoms with Crippen LogP contribution in [-0.2, 0) is 22.2 Å². The molecule has 3 amide bonds. The standard InChI is InChI=1S/C44H47F3N10O5/c1-42(2,62)30-16-32-28(15-33(30)50-39(59)27-14-26(17-48)18-49-19-27)21-56(52-32)29-6-4-25(5-7-29)20-54-13-12-43(44(46,47)24-54)22-55(23-43)37-31(45)8-9-34-38(37)53(3)41(61)57(34)35-10-11-36(58)51-40(35)60/h8-9,14-16,18-19,21,25,29,35,62H,4-7,10-13,20,22-24H2,1-3H3,(H,50,59)(H,51,58,60). The summed E-state index contributed by atoms with van der Waals surface area (Å²) in [6.45, 7) is 3.71. The van der Waals surface area contributed by atoms with Crippen LogP contribution < -0.4 is 21.2 Å². The summed E-state index contributed by atoms with van der Waals surface area (Å²) < 4.78 is 52.5. The number of imide groups is 1. The topological polar surface area (TPSA) is 183 Å². The summed E-state index contributed by atoms with van der Waals surface area (Å²) in [5.41, 5.74) is -0.637. The van der Waals surface area contributed by atoms with Crippen molar-refractivity contribution in [2.45, 2.75) is 82.4 Å². The van der Waals surface area contributed by atoms with Gasteiger partial charge in [-0.05, 0) is 95.2 Å². The highest BCUT2D eigenvalue weighted by Gasteiger charge is 2.63. The number of nitrogens with zero attached hydrogens (tertiary/aromatic N) is 8. The highest BCUT2D eigenvalue weighted by molar-refractivity contribution is 6.06. The Morgan fingerprint density at radius 3 is 2.52 bits per heavy atom. The number of pyridine rings is 1. The van der Waals surface area contributed by atoms with Gasteiger partial charge in [0.2, 0.25) is 11.8 Å². The smallest absolute Gasteiger partial charge is 0.329 e. The molecule has 1 unspecified atom stereocenters. The van der Waals surface area contributed by atoms with Crippen molar-refractivity contribution in [3.05, 3.63) is 81.9 Å². The van der Waals surface area contributed by atoms with E-state index in [2.05, 4.69) is 15.6 Å². The van der Waals surface area contributed by atoms with Crippen LogP contribution in [0.2, 0.25) is 0 Å². The van der Waals surface area contributed by atoms with Crippen LogP contribution in [-0.4, -0.2) is 90.3 Å². The van der Waals surface area contributed by atoms with Crippen molar-refractivity contribution in [1.29, 1.82) is 5.26 Å². The summed E-state index contributed by atoms with van der Waals surface area (Å²) in [5.74, 6) is -4.98. The zero-order valence-corrected chi connectivity index (χ0v) is 34.6. The number of alkyl halides is 2. The number of aromatic nitrogens is 5. The van der Waals surface area contributed by atoms with Crippen LogP contribution >= 0.6 is 0 Å². The third-order valence-electron chi connectivity index (χ3n) is 13.5. The van der Waals surface area contributed by atoms with E-state index in [1.54, 1.807) is 30.9 Å². The minimum absolute atomic E-state index is 0.0537. The Morgan fingerprint density at radius 1 is 1.06 bits per heavy atom. The second-order valence-electron chi connectivity index (χ2n) is 18.1. The lowest BCUT2D eigenvalue weighted by Gasteiger charge is -2.58. The molecular weight excluding hydrogens is 806 g/mol. The number of rotatable bonds is 8. The number of fused-ring (bicyclic) bond motifs is 2. The van der Waals surface area contributed by atoms with Crippen LogP contribution in [0, 0.1) is 28.5 Å². The number of imidazole rings is 1. The van der Waals surface area contributed by atoms with Gasteiger partial charge in [-0.15, -0.1) is 0 Å². The molecule has 15 nitrogen and oxygen atoms in total. The van der Waals surface area contributed by atoms with Crippen molar-refractivity contribution in [1.82, 2.24) is 34.1 Å². The van der Waals surface area contributed by atoms with Crippen LogP contribution in [0.5, 0.6) is 0 Å². The lowest BCUT2D eigenvalue weighted by atomic mass is 9.68. The molecule has 1 saturated carbocycles. The van der Waals surface area contributed by atoms with E-state index in [1.165, 1.54) is 46.8 Å². The molecule has 1 atom stereocenters. The van der Waals surface area contributed by atoms with E-state index < -0.39 is 58.8 Å². The molecule has 1 aliphatic carbocycles. The lowest BCUT2D eigenvalue weighted by Crippen LogP contribution is -2.70. The van der Waals surface area contributed by atoms with Crippen LogP contribution in [0.15, 0.2) is 53.7 Å². The number of amides is 3. The highest BCUT2D eigenvalue weighted by Crippen LogP contribution is 2.53. The largest absolute Gasteiger partial charge is 0.386 e. The van der Waals surface area contributed by atoms with Crippen LogP contribution in [0.4, 0.5) is 24.5 Å². The summed E-state index contributed by atoms with van der Waals surface area (Å²) in [7, 11) is 1.47. The summed E-state index contributed by atoms with van der Waals surface area (Å²) in [6, 6.07) is 8.71. The van der Waals surface area contributed by atoms with Crippen molar-refractivity contribution in [2.75, 3.05) is 42.9 Å². The van der Waals surface area contributed by atoms with E-state index in [-0.39, 0.29) is 66.6 Å². The number of halogens is 3. The first-order chi connectivity index (χ1) is 29.4. The number of nitriles is 1. The molecule has 3 aromatic heterocycles. The Morgan fingerprint density at radius 2 is 1.82 bits per heavy atom. The van der Waals surface area contributed by atoms with Gasteiger partial charge < -0.3 is 15.3 Å². The molecule has 62 heavy (non-hydrogen) atoms. The number of carbonyl (C=O) groups excluding carboxylic acids is 3. The fourth-order valence-electron chi connectivity index (χ4n) is 10.1. The van der Waals surface area contributed by atoms with Gasteiger partial charge in [0.1, 0.15) is 17.9 Å². The summed E-state index contributed by atoms with van der Waals surface area (Å²) in [6.07, 6.45) is 8.33. The molecule has 18 heteroatoms. The molecule has 5 aromatic rings. The Hall–Kier alpha value is -6.06. The van der Waals surface area contributed by atoms with Gasteiger partial charge >= 0.3 is 5.69 Å². The predicted molar refractivity (Wildman–Crippen MR) is 222 cm³/mol. The summed E-state index contributed by atoms with van der Waals surface area (Å²) >= 11 is 0. The number of anilines is 2. The highest BCUT2D eigenvalue weighted by atomic mass is 19.3. The molecule has 324 valence electrons. The van der Waals surface area contributed by atoms with Gasteiger partial charge in [0, 0.05) is 68.3 Å². The van der Waals surface area contributed by atoms with E-state index in [1.807, 2.05) is 21.8 Å². The molecule has 2 aromatic carbocycles. The normalized spacial score (nSPS) is 22.7. The Balaban J connectivity index is 0.836. The number of aliphatic hydroxyl groups is 1. The molecule has 1 spiro atoms. The number of hydrogen-bond acceptors (Lipinski definition) is 10. The Bertz CT molecular complexity index is 2750. The molecule has 4 aliphatic rings. The van der Waals surface area contributed by atoms with Crippen LogP contribution in [0.1, 0.15) is 92.4 Å². The first-order valence-corrected chi connectivity index (χ1v) is 21.0. The Kier molecular flexibility index (Phi) is 10.0. The third kappa shape index (κ3) is 7.10. The quantitative estimate of drug-likeness (QED) is 0.177. The monoisotopic (exact) mass is 852 g/mol. The maximum atomic E-state index is 16.2. The fraction of sp³-hybridized carbons (Fsp3) is 0.477. The molecule has 3 N–H and O–H groups in total. The van der Waals surface area contributed by atoms with Gasteiger partial charge in [-0.25, -0.2) is 18.0 Å². The van der Waals surface area contributed by atoms with Crippen molar-refractivity contribution >= 4 is 51.0 Å². The molecule has 3 aliphatic heterocycles. The zero-order chi connectivity index (χ0) is 43.9. The number of nitrogens with one attached hydrogen (secondary N) is 2. The average Bonchev–Trinajstić information content (AvgIpc) is 3.74. The minimum atomic E-state index is -3.04. The second kappa shape index (κ2) is 15.1. The second-order valence-corrected chi connectivity index (χ2v) is 18.1. The van der Waals surface area contributed by atoms with Crippen molar-refractivity contribution in [3.8, 4) is 6.07 Å². The summed E-state index contributed by atoms with van der Waals surface area (Å²) in [4.78, 5) is 58.5. The average molecular weight is 853 g/mol. The molecule has 6 heterocycles. The number of likely N-dealkylation sites (tertiary alicyclic amines) is 1. The van der Waals surface area contributed by atoms with Crippen molar-refractivity contribution in [2.24, 2.45) is 18.4 Å². The maximum absolute atomic E-state index is 16.2. The molecule has 0 radical (unpaired) electrons. The van der Waals surface area contributed by atoms with Gasteiger partial charge in [0.05, 0.1) is 57.0 Å². The molecule has 0 bridgehead atoms. The van der Waals surface area contributed by atoms with Gasteiger partial charge in [0.25, 0.3) is 11.8 Å². The number of carbonyl (C=O) groups is 3. The first kappa shape index (κ1) is 41.3. The Labute approximate surface area is 354 Å². The van der Waals surface area contributed by atoms with Crippen LogP contribution in [0.3, 0.4) is 0 Å².